The van der Waals surface area contributed by atoms with Crippen molar-refractivity contribution in [2.45, 2.75) is 36.4 Å². The summed E-state index contributed by atoms with van der Waals surface area (Å²) in [5.41, 5.74) is 0. The lowest BCUT2D eigenvalue weighted by atomic mass is 10.1. The molecule has 2 heterocycles. The lowest BCUT2D eigenvalue weighted by molar-refractivity contribution is -0.133. The summed E-state index contributed by atoms with van der Waals surface area (Å²) in [6, 6.07) is -0.793. The molecule has 1 saturated heterocycles. The van der Waals surface area contributed by atoms with Crippen LogP contribution in [0.3, 0.4) is 0 Å². The van der Waals surface area contributed by atoms with Gasteiger partial charge in [0.2, 0.25) is 5.91 Å². The lowest BCUT2D eigenvalue weighted by Crippen LogP contribution is -2.48. The molecule has 0 radical (unpaired) electrons. The van der Waals surface area contributed by atoms with Crippen molar-refractivity contribution in [2.24, 2.45) is 0 Å². The molecular weight excluding hydrogens is 322 g/mol. The van der Waals surface area contributed by atoms with Crippen molar-refractivity contribution < 1.29 is 13.2 Å². The second-order valence-electron chi connectivity index (χ2n) is 4.66. The molecule has 112 valence electrons. The minimum atomic E-state index is -3.75. The van der Waals surface area contributed by atoms with Gasteiger partial charge in [-0.3, -0.25) is 4.79 Å². The fourth-order valence-corrected chi connectivity index (χ4v) is 4.60. The fourth-order valence-electron chi connectivity index (χ4n) is 2.09. The molecule has 0 aromatic carbocycles. The molecule has 1 unspecified atom stereocenters. The zero-order chi connectivity index (χ0) is 14.8. The number of hydrogen-bond donors (Lipinski definition) is 1. The van der Waals surface area contributed by atoms with Crippen LogP contribution in [0.5, 0.6) is 0 Å². The zero-order valence-electron chi connectivity index (χ0n) is 11.0. The summed E-state index contributed by atoms with van der Waals surface area (Å²) in [6.45, 7) is 2.94. The molecule has 1 amide bonds. The predicted octanol–water partition coefficient (Wildman–Crippen LogP) is 1.48. The Bertz CT molecular complexity index is 581. The Morgan fingerprint density at radius 1 is 1.45 bits per heavy atom. The molecule has 2 rings (SSSR count). The highest BCUT2D eigenvalue weighted by molar-refractivity contribution is 7.91. The number of hydrogen-bond acceptors (Lipinski definition) is 5. The third-order valence-electron chi connectivity index (χ3n) is 3.09. The molecule has 1 atom stereocenters. The van der Waals surface area contributed by atoms with E-state index < -0.39 is 16.1 Å². The van der Waals surface area contributed by atoms with Crippen molar-refractivity contribution in [1.82, 2.24) is 14.6 Å². The number of nitrogens with zero attached hydrogens (tertiary/aromatic N) is 2. The molecule has 1 aromatic heterocycles. The average molecular weight is 338 g/mol. The molecule has 1 aliphatic heterocycles. The molecular formula is C11H16ClN3O3S2. The van der Waals surface area contributed by atoms with Crippen LogP contribution in [0.15, 0.2) is 10.4 Å². The van der Waals surface area contributed by atoms with Gasteiger partial charge in [-0.25, -0.2) is 13.4 Å². The molecule has 1 fully saturated rings. The Labute approximate surface area is 127 Å². The maximum atomic E-state index is 12.2. The highest BCUT2D eigenvalue weighted by Gasteiger charge is 2.27. The summed E-state index contributed by atoms with van der Waals surface area (Å²) in [6.07, 6.45) is 4.24. The summed E-state index contributed by atoms with van der Waals surface area (Å²) in [7, 11) is -3.75. The van der Waals surface area contributed by atoms with Crippen LogP contribution in [-0.4, -0.2) is 43.3 Å². The molecule has 1 N–H and O–H groups in total. The van der Waals surface area contributed by atoms with Gasteiger partial charge in [-0.05, 0) is 26.2 Å². The van der Waals surface area contributed by atoms with Gasteiger partial charge >= 0.3 is 0 Å². The van der Waals surface area contributed by atoms with Crippen molar-refractivity contribution in [3.05, 3.63) is 10.7 Å². The van der Waals surface area contributed by atoms with Gasteiger partial charge in [-0.2, -0.15) is 4.72 Å². The van der Waals surface area contributed by atoms with E-state index in [2.05, 4.69) is 9.71 Å². The van der Waals surface area contributed by atoms with Crippen molar-refractivity contribution in [3.63, 3.8) is 0 Å². The molecule has 20 heavy (non-hydrogen) atoms. The zero-order valence-corrected chi connectivity index (χ0v) is 13.4. The van der Waals surface area contributed by atoms with Gasteiger partial charge in [-0.15, -0.1) is 0 Å². The van der Waals surface area contributed by atoms with E-state index in [-0.39, 0.29) is 14.6 Å². The second kappa shape index (κ2) is 6.38. The first-order valence-electron chi connectivity index (χ1n) is 6.32. The first-order valence-corrected chi connectivity index (χ1v) is 9.00. The van der Waals surface area contributed by atoms with Crippen LogP contribution >= 0.6 is 22.9 Å². The van der Waals surface area contributed by atoms with Gasteiger partial charge in [0.15, 0.2) is 8.68 Å². The fraction of sp³-hybridized carbons (Fsp3) is 0.636. The molecule has 1 aliphatic rings. The molecule has 0 bridgehead atoms. The summed E-state index contributed by atoms with van der Waals surface area (Å²) < 4.78 is 26.7. The first kappa shape index (κ1) is 15.7. The number of carbonyl (C=O) groups excluding carboxylic acids is 1. The van der Waals surface area contributed by atoms with Crippen LogP contribution in [0.25, 0.3) is 0 Å². The van der Waals surface area contributed by atoms with Crippen molar-refractivity contribution >= 4 is 38.9 Å². The van der Waals surface area contributed by atoms with E-state index in [4.69, 9.17) is 11.6 Å². The maximum Gasteiger partial charge on any atom is 0.252 e. The molecule has 6 nitrogen and oxygen atoms in total. The maximum absolute atomic E-state index is 12.2. The number of thiazole rings is 1. The van der Waals surface area contributed by atoms with E-state index >= 15 is 0 Å². The van der Waals surface area contributed by atoms with E-state index in [9.17, 15) is 13.2 Å². The van der Waals surface area contributed by atoms with E-state index in [1.807, 2.05) is 0 Å². The minimum Gasteiger partial charge on any atom is -0.341 e. The standard InChI is InChI=1S/C11H16ClN3O3S2/c1-8(10(16)15-5-3-2-4-6-15)14-20(17,18)9-7-13-11(12)19-9/h7-8,14H,2-6H2,1H3. The Morgan fingerprint density at radius 3 is 2.65 bits per heavy atom. The molecule has 1 aromatic rings. The van der Waals surface area contributed by atoms with Gasteiger partial charge in [0.25, 0.3) is 10.0 Å². The number of likely N-dealkylation sites (tertiary alicyclic amines) is 1. The quantitative estimate of drug-likeness (QED) is 0.902. The highest BCUT2D eigenvalue weighted by atomic mass is 35.5. The van der Waals surface area contributed by atoms with Gasteiger partial charge < -0.3 is 4.90 Å². The molecule has 0 spiro atoms. The number of piperidine rings is 1. The molecule has 0 aliphatic carbocycles. The third-order valence-corrected chi connectivity index (χ3v) is 6.21. The van der Waals surface area contributed by atoms with E-state index in [1.165, 1.54) is 6.20 Å². The average Bonchev–Trinajstić information content (AvgIpc) is 2.86. The van der Waals surface area contributed by atoms with Crippen LogP contribution in [0.2, 0.25) is 4.47 Å². The first-order chi connectivity index (χ1) is 9.40. The van der Waals surface area contributed by atoms with E-state index in [0.29, 0.717) is 13.1 Å². The van der Waals surface area contributed by atoms with Crippen LogP contribution in [0, 0.1) is 0 Å². The second-order valence-corrected chi connectivity index (χ2v) is 8.21. The number of carbonyl (C=O) groups is 1. The monoisotopic (exact) mass is 337 g/mol. The third kappa shape index (κ3) is 3.69. The number of aromatic nitrogens is 1. The number of halogens is 1. The smallest absolute Gasteiger partial charge is 0.252 e. The largest absolute Gasteiger partial charge is 0.341 e. The highest BCUT2D eigenvalue weighted by Crippen LogP contribution is 2.22. The summed E-state index contributed by atoms with van der Waals surface area (Å²) >= 11 is 6.49. The van der Waals surface area contributed by atoms with Gasteiger partial charge in [0, 0.05) is 13.1 Å². The van der Waals surface area contributed by atoms with Crippen LogP contribution in [0.1, 0.15) is 26.2 Å². The Morgan fingerprint density at radius 2 is 2.10 bits per heavy atom. The van der Waals surface area contributed by atoms with Gasteiger partial charge in [0.05, 0.1) is 12.2 Å². The van der Waals surface area contributed by atoms with Crippen LogP contribution < -0.4 is 4.72 Å². The summed E-state index contributed by atoms with van der Waals surface area (Å²) in [5, 5.41) is 0. The lowest BCUT2D eigenvalue weighted by Gasteiger charge is -2.29. The number of nitrogens with one attached hydrogen (secondary N) is 1. The SMILES string of the molecule is CC(NS(=O)(=O)c1cnc(Cl)s1)C(=O)N1CCCCC1. The Kier molecular flexibility index (Phi) is 5.00. The van der Waals surface area contributed by atoms with Crippen LogP contribution in [-0.2, 0) is 14.8 Å². The number of rotatable bonds is 4. The van der Waals surface area contributed by atoms with Crippen molar-refractivity contribution in [3.8, 4) is 0 Å². The topological polar surface area (TPSA) is 79.4 Å². The Balaban J connectivity index is 2.03. The van der Waals surface area contributed by atoms with Gasteiger partial charge in [0.1, 0.15) is 0 Å². The molecule has 9 heteroatoms. The normalized spacial score (nSPS) is 18.0. The van der Waals surface area contributed by atoms with E-state index in [1.54, 1.807) is 11.8 Å². The number of amides is 1. The summed E-state index contributed by atoms with van der Waals surface area (Å²) in [4.78, 5) is 17.6. The van der Waals surface area contributed by atoms with E-state index in [0.717, 1.165) is 30.6 Å². The predicted molar refractivity (Wildman–Crippen MR) is 77.3 cm³/mol. The minimum absolute atomic E-state index is 0.0146. The summed E-state index contributed by atoms with van der Waals surface area (Å²) in [5.74, 6) is -0.191. The number of sulfonamides is 1. The van der Waals surface area contributed by atoms with Crippen molar-refractivity contribution in [2.75, 3.05) is 13.1 Å². The van der Waals surface area contributed by atoms with Gasteiger partial charge in [-0.1, -0.05) is 22.9 Å². The van der Waals surface area contributed by atoms with Crippen LogP contribution in [0.4, 0.5) is 0 Å². The van der Waals surface area contributed by atoms with Crippen molar-refractivity contribution in [1.29, 1.82) is 0 Å². The Hall–Kier alpha value is -0.700. The molecule has 0 saturated carbocycles.